The van der Waals surface area contributed by atoms with Gasteiger partial charge in [-0.3, -0.25) is 9.69 Å². The van der Waals surface area contributed by atoms with Crippen LogP contribution >= 0.6 is 0 Å². The Bertz CT molecular complexity index is 721. The summed E-state index contributed by atoms with van der Waals surface area (Å²) in [5.74, 6) is 0.652. The summed E-state index contributed by atoms with van der Waals surface area (Å²) >= 11 is 0. The molecule has 0 bridgehead atoms. The molecule has 1 amide bonds. The highest BCUT2D eigenvalue weighted by molar-refractivity contribution is 5.78. The fraction of sp³-hybridized carbons (Fsp3) is 0.474. The zero-order valence-corrected chi connectivity index (χ0v) is 14.7. The number of hydrogen-bond acceptors (Lipinski definition) is 4. The van der Waals surface area contributed by atoms with Crippen LogP contribution in [-0.2, 0) is 11.2 Å². The van der Waals surface area contributed by atoms with Gasteiger partial charge in [0.1, 0.15) is 11.6 Å². The maximum absolute atomic E-state index is 13.0. The third-order valence-electron chi connectivity index (χ3n) is 4.67. The first-order valence-corrected chi connectivity index (χ1v) is 8.76. The van der Waals surface area contributed by atoms with Crippen LogP contribution in [0.4, 0.5) is 4.39 Å². The fourth-order valence-electron chi connectivity index (χ4n) is 3.10. The van der Waals surface area contributed by atoms with Crippen LogP contribution in [0.1, 0.15) is 31.2 Å². The van der Waals surface area contributed by atoms with Gasteiger partial charge < -0.3 is 9.73 Å². The molecule has 1 aliphatic rings. The molecule has 1 aliphatic heterocycles. The van der Waals surface area contributed by atoms with E-state index in [1.807, 2.05) is 0 Å². The molecule has 2 aromatic rings. The van der Waals surface area contributed by atoms with E-state index in [4.69, 9.17) is 4.42 Å². The van der Waals surface area contributed by atoms with Crippen LogP contribution in [0.3, 0.4) is 0 Å². The fourth-order valence-corrected chi connectivity index (χ4v) is 3.10. The van der Waals surface area contributed by atoms with Crippen LogP contribution < -0.4 is 5.32 Å². The molecule has 25 heavy (non-hydrogen) atoms. The number of carbonyl (C=O) groups excluding carboxylic acids is 1. The number of oxazole rings is 1. The van der Waals surface area contributed by atoms with Gasteiger partial charge >= 0.3 is 0 Å². The summed E-state index contributed by atoms with van der Waals surface area (Å²) < 4.78 is 18.6. The first-order chi connectivity index (χ1) is 12.0. The van der Waals surface area contributed by atoms with Gasteiger partial charge in [0.25, 0.3) is 0 Å². The molecule has 2 heterocycles. The number of likely N-dealkylation sites (tertiary alicyclic amines) is 1. The molecule has 1 atom stereocenters. The number of aromatic nitrogens is 1. The molecular formula is C19H24FN3O2. The Labute approximate surface area is 147 Å². The molecule has 1 aromatic carbocycles. The van der Waals surface area contributed by atoms with Crippen molar-refractivity contribution in [1.82, 2.24) is 15.2 Å². The van der Waals surface area contributed by atoms with Crippen LogP contribution in [-0.4, -0.2) is 41.5 Å². The third-order valence-corrected chi connectivity index (χ3v) is 4.67. The molecule has 1 aromatic heterocycles. The van der Waals surface area contributed by atoms with E-state index in [2.05, 4.69) is 22.1 Å². The normalized spacial score (nSPS) is 16.1. The number of nitrogens with one attached hydrogen (secondary N) is 1. The van der Waals surface area contributed by atoms with Gasteiger partial charge in [0.15, 0.2) is 0 Å². The first kappa shape index (κ1) is 17.6. The van der Waals surface area contributed by atoms with E-state index in [1.54, 1.807) is 19.1 Å². The SMILES string of the molecule is Cc1oc(-c2ccc(F)cc2)nc1CC(=O)NCC(C)N1CCCC1. The Hall–Kier alpha value is -2.21. The average Bonchev–Trinajstić information content (AvgIpc) is 3.24. The highest BCUT2D eigenvalue weighted by Crippen LogP contribution is 2.22. The van der Waals surface area contributed by atoms with Gasteiger partial charge in [0, 0.05) is 18.2 Å². The van der Waals surface area contributed by atoms with Crippen molar-refractivity contribution in [2.45, 2.75) is 39.2 Å². The molecule has 3 rings (SSSR count). The Balaban J connectivity index is 1.57. The topological polar surface area (TPSA) is 58.4 Å². The van der Waals surface area contributed by atoms with Gasteiger partial charge in [0.2, 0.25) is 11.8 Å². The summed E-state index contributed by atoms with van der Waals surface area (Å²) in [6, 6.07) is 6.30. The number of benzene rings is 1. The summed E-state index contributed by atoms with van der Waals surface area (Å²) in [5, 5.41) is 2.98. The largest absolute Gasteiger partial charge is 0.441 e. The minimum absolute atomic E-state index is 0.0619. The van der Waals surface area contributed by atoms with E-state index in [9.17, 15) is 9.18 Å². The lowest BCUT2D eigenvalue weighted by molar-refractivity contribution is -0.120. The molecule has 1 saturated heterocycles. The Morgan fingerprint density at radius 2 is 2.00 bits per heavy atom. The summed E-state index contributed by atoms with van der Waals surface area (Å²) in [4.78, 5) is 19.0. The predicted molar refractivity (Wildman–Crippen MR) is 93.6 cm³/mol. The number of halogens is 1. The van der Waals surface area contributed by atoms with Crippen LogP contribution in [0.15, 0.2) is 28.7 Å². The number of amides is 1. The smallest absolute Gasteiger partial charge is 0.226 e. The van der Waals surface area contributed by atoms with Crippen molar-refractivity contribution in [3.8, 4) is 11.5 Å². The predicted octanol–water partition coefficient (Wildman–Crippen LogP) is 2.93. The van der Waals surface area contributed by atoms with Gasteiger partial charge in [-0.15, -0.1) is 0 Å². The quantitative estimate of drug-likeness (QED) is 0.874. The molecule has 0 spiro atoms. The molecule has 1 fully saturated rings. The molecule has 1 unspecified atom stereocenters. The van der Waals surface area contributed by atoms with Crippen LogP contribution in [0, 0.1) is 12.7 Å². The number of aryl methyl sites for hydroxylation is 1. The number of nitrogens with zero attached hydrogens (tertiary/aromatic N) is 2. The molecule has 6 heteroatoms. The standard InChI is InChI=1S/C19H24FN3O2/c1-13(23-9-3-4-10-23)12-21-18(24)11-17-14(2)25-19(22-17)15-5-7-16(20)8-6-15/h5-8,13H,3-4,9-12H2,1-2H3,(H,21,24). The minimum Gasteiger partial charge on any atom is -0.441 e. The molecule has 5 nitrogen and oxygen atoms in total. The van der Waals surface area contributed by atoms with Crippen molar-refractivity contribution < 1.29 is 13.6 Å². The zero-order valence-electron chi connectivity index (χ0n) is 14.7. The van der Waals surface area contributed by atoms with Gasteiger partial charge in [-0.1, -0.05) is 0 Å². The van der Waals surface area contributed by atoms with Gasteiger partial charge in [-0.2, -0.15) is 0 Å². The van der Waals surface area contributed by atoms with Crippen molar-refractivity contribution in [1.29, 1.82) is 0 Å². The molecule has 1 N–H and O–H groups in total. The van der Waals surface area contributed by atoms with Crippen LogP contribution in [0.2, 0.25) is 0 Å². The maximum Gasteiger partial charge on any atom is 0.226 e. The third kappa shape index (κ3) is 4.45. The summed E-state index contributed by atoms with van der Waals surface area (Å²) in [7, 11) is 0. The Morgan fingerprint density at radius 1 is 1.32 bits per heavy atom. The maximum atomic E-state index is 13.0. The molecule has 0 saturated carbocycles. The lowest BCUT2D eigenvalue weighted by Gasteiger charge is -2.23. The van der Waals surface area contributed by atoms with Gasteiger partial charge in [-0.05, 0) is 64.0 Å². The van der Waals surface area contributed by atoms with Crippen molar-refractivity contribution >= 4 is 5.91 Å². The minimum atomic E-state index is -0.307. The van der Waals surface area contributed by atoms with Gasteiger partial charge in [-0.25, -0.2) is 9.37 Å². The monoisotopic (exact) mass is 345 g/mol. The number of hydrogen-bond donors (Lipinski definition) is 1. The lowest BCUT2D eigenvalue weighted by Crippen LogP contribution is -2.41. The van der Waals surface area contributed by atoms with E-state index >= 15 is 0 Å². The Kier molecular flexibility index (Phi) is 5.48. The van der Waals surface area contributed by atoms with E-state index in [0.29, 0.717) is 35.5 Å². The highest BCUT2D eigenvalue weighted by atomic mass is 19.1. The van der Waals surface area contributed by atoms with Gasteiger partial charge in [0.05, 0.1) is 12.1 Å². The second-order valence-corrected chi connectivity index (χ2v) is 6.60. The van der Waals surface area contributed by atoms with E-state index in [1.165, 1.54) is 25.0 Å². The molecule has 0 aliphatic carbocycles. The molecule has 0 radical (unpaired) electrons. The Morgan fingerprint density at radius 3 is 2.68 bits per heavy atom. The summed E-state index contributed by atoms with van der Waals surface area (Å²) in [6.45, 7) is 6.79. The number of rotatable bonds is 6. The summed E-state index contributed by atoms with van der Waals surface area (Å²) in [6.07, 6.45) is 2.66. The van der Waals surface area contributed by atoms with Crippen molar-refractivity contribution in [2.24, 2.45) is 0 Å². The average molecular weight is 345 g/mol. The van der Waals surface area contributed by atoms with Crippen molar-refractivity contribution in [3.05, 3.63) is 41.5 Å². The van der Waals surface area contributed by atoms with Crippen molar-refractivity contribution in [3.63, 3.8) is 0 Å². The first-order valence-electron chi connectivity index (χ1n) is 8.76. The molecular weight excluding hydrogens is 321 g/mol. The van der Waals surface area contributed by atoms with Crippen LogP contribution in [0.5, 0.6) is 0 Å². The summed E-state index contributed by atoms with van der Waals surface area (Å²) in [5.41, 5.74) is 1.31. The highest BCUT2D eigenvalue weighted by Gasteiger charge is 2.19. The number of carbonyl (C=O) groups is 1. The molecule has 134 valence electrons. The lowest BCUT2D eigenvalue weighted by atomic mass is 10.2. The van der Waals surface area contributed by atoms with E-state index in [-0.39, 0.29) is 18.1 Å². The second kappa shape index (κ2) is 7.78. The van der Waals surface area contributed by atoms with Crippen molar-refractivity contribution in [2.75, 3.05) is 19.6 Å². The second-order valence-electron chi connectivity index (χ2n) is 6.60. The van der Waals surface area contributed by atoms with E-state index in [0.717, 1.165) is 13.1 Å². The van der Waals surface area contributed by atoms with E-state index < -0.39 is 0 Å². The van der Waals surface area contributed by atoms with Crippen LogP contribution in [0.25, 0.3) is 11.5 Å². The zero-order chi connectivity index (χ0) is 17.8.